The third kappa shape index (κ3) is 3.65. The molecule has 1 N–H and O–H groups in total. The Hall–Kier alpha value is -2.19. The Kier molecular flexibility index (Phi) is 4.49. The molecule has 2 aromatic rings. The van der Waals surface area contributed by atoms with Crippen LogP contribution in [0.4, 0.5) is 0 Å². The molecule has 1 aromatic heterocycles. The van der Waals surface area contributed by atoms with Crippen molar-refractivity contribution in [2.45, 2.75) is 26.8 Å². The first-order chi connectivity index (χ1) is 9.58. The topological polar surface area (TPSA) is 65.8 Å². The molecule has 0 aliphatic heterocycles. The van der Waals surface area contributed by atoms with E-state index in [2.05, 4.69) is 16.4 Å². The molecular formula is C15H15N3OS. The van der Waals surface area contributed by atoms with Gasteiger partial charge in [0, 0.05) is 4.88 Å². The maximum Gasteiger partial charge on any atom is 0.224 e. The van der Waals surface area contributed by atoms with Crippen molar-refractivity contribution in [2.24, 2.45) is 0 Å². The Bertz CT molecular complexity index is 653. The van der Waals surface area contributed by atoms with Gasteiger partial charge in [-0.25, -0.2) is 4.98 Å². The lowest BCUT2D eigenvalue weighted by molar-refractivity contribution is -0.120. The zero-order valence-corrected chi connectivity index (χ0v) is 12.3. The number of aryl methyl sites for hydroxylation is 2. The molecule has 0 atom stereocenters. The van der Waals surface area contributed by atoms with Gasteiger partial charge in [-0.3, -0.25) is 4.79 Å². The van der Waals surface area contributed by atoms with Crippen molar-refractivity contribution in [1.29, 1.82) is 5.26 Å². The van der Waals surface area contributed by atoms with E-state index in [1.54, 1.807) is 35.6 Å². The molecule has 0 unspecified atom stereocenters. The van der Waals surface area contributed by atoms with Gasteiger partial charge in [0.1, 0.15) is 0 Å². The van der Waals surface area contributed by atoms with Gasteiger partial charge >= 0.3 is 0 Å². The summed E-state index contributed by atoms with van der Waals surface area (Å²) < 4.78 is 0. The molecule has 0 aliphatic carbocycles. The number of amides is 1. The van der Waals surface area contributed by atoms with Gasteiger partial charge in [0.2, 0.25) is 5.91 Å². The molecule has 4 nitrogen and oxygen atoms in total. The summed E-state index contributed by atoms with van der Waals surface area (Å²) in [5.41, 5.74) is 2.48. The van der Waals surface area contributed by atoms with Gasteiger partial charge in [-0.1, -0.05) is 12.1 Å². The Morgan fingerprint density at radius 2 is 2.05 bits per heavy atom. The summed E-state index contributed by atoms with van der Waals surface area (Å²) in [7, 11) is 0. The van der Waals surface area contributed by atoms with Crippen molar-refractivity contribution in [1.82, 2.24) is 10.3 Å². The van der Waals surface area contributed by atoms with Gasteiger partial charge in [-0.2, -0.15) is 5.26 Å². The monoisotopic (exact) mass is 285 g/mol. The summed E-state index contributed by atoms with van der Waals surface area (Å²) in [6, 6.07) is 9.11. The number of thiazole rings is 1. The number of hydrogen-bond donors (Lipinski definition) is 1. The van der Waals surface area contributed by atoms with E-state index in [0.717, 1.165) is 21.1 Å². The summed E-state index contributed by atoms with van der Waals surface area (Å²) in [4.78, 5) is 17.3. The van der Waals surface area contributed by atoms with Gasteiger partial charge in [0.05, 0.1) is 35.3 Å². The minimum absolute atomic E-state index is 0.0276. The highest BCUT2D eigenvalue weighted by Crippen LogP contribution is 2.16. The lowest BCUT2D eigenvalue weighted by Crippen LogP contribution is -2.24. The summed E-state index contributed by atoms with van der Waals surface area (Å²) in [6.07, 6.45) is 0.322. The molecule has 1 amide bonds. The molecule has 0 bridgehead atoms. The molecule has 5 heteroatoms. The second-order valence-electron chi connectivity index (χ2n) is 4.50. The molecule has 20 heavy (non-hydrogen) atoms. The predicted octanol–water partition coefficient (Wildman–Crippen LogP) is 2.49. The Morgan fingerprint density at radius 1 is 1.35 bits per heavy atom. The Morgan fingerprint density at radius 3 is 2.60 bits per heavy atom. The number of aromatic nitrogens is 1. The van der Waals surface area contributed by atoms with E-state index >= 15 is 0 Å². The van der Waals surface area contributed by atoms with Crippen molar-refractivity contribution in [2.75, 3.05) is 0 Å². The fourth-order valence-electron chi connectivity index (χ4n) is 1.86. The van der Waals surface area contributed by atoms with Crippen LogP contribution in [0.25, 0.3) is 0 Å². The first kappa shape index (κ1) is 14.2. The summed E-state index contributed by atoms with van der Waals surface area (Å²) in [5.74, 6) is -0.0276. The molecule has 0 saturated carbocycles. The van der Waals surface area contributed by atoms with Crippen molar-refractivity contribution in [3.8, 4) is 6.07 Å². The molecule has 0 fully saturated rings. The fraction of sp³-hybridized carbons (Fsp3) is 0.267. The van der Waals surface area contributed by atoms with Crippen LogP contribution >= 0.6 is 11.3 Å². The molecule has 1 heterocycles. The van der Waals surface area contributed by atoms with Gasteiger partial charge < -0.3 is 5.32 Å². The summed E-state index contributed by atoms with van der Waals surface area (Å²) >= 11 is 1.61. The third-order valence-corrected chi connectivity index (χ3v) is 3.97. The van der Waals surface area contributed by atoms with E-state index in [1.165, 1.54) is 0 Å². The van der Waals surface area contributed by atoms with E-state index in [-0.39, 0.29) is 5.91 Å². The average molecular weight is 285 g/mol. The number of hydrogen-bond acceptors (Lipinski definition) is 4. The highest BCUT2D eigenvalue weighted by atomic mass is 32.1. The average Bonchev–Trinajstić information content (AvgIpc) is 2.75. The van der Waals surface area contributed by atoms with Crippen LogP contribution in [0.1, 0.15) is 26.7 Å². The van der Waals surface area contributed by atoms with Crippen LogP contribution in [0.15, 0.2) is 24.3 Å². The first-order valence-corrected chi connectivity index (χ1v) is 7.09. The quantitative estimate of drug-likeness (QED) is 0.938. The maximum absolute atomic E-state index is 11.9. The standard InChI is InChI=1S/C15H15N3OS/c1-10-14(20-11(2)18-10)9-17-15(19)7-12-3-5-13(8-16)6-4-12/h3-6H,7,9H2,1-2H3,(H,17,19). The Balaban J connectivity index is 1.89. The van der Waals surface area contributed by atoms with Crippen molar-refractivity contribution in [3.63, 3.8) is 0 Å². The minimum Gasteiger partial charge on any atom is -0.351 e. The van der Waals surface area contributed by atoms with E-state index in [4.69, 9.17) is 5.26 Å². The minimum atomic E-state index is -0.0276. The van der Waals surface area contributed by atoms with E-state index in [1.807, 2.05) is 13.8 Å². The van der Waals surface area contributed by atoms with E-state index in [0.29, 0.717) is 18.5 Å². The number of nitrogens with one attached hydrogen (secondary N) is 1. The Labute approximate surface area is 122 Å². The van der Waals surface area contributed by atoms with Crippen LogP contribution < -0.4 is 5.32 Å². The lowest BCUT2D eigenvalue weighted by Gasteiger charge is -2.04. The third-order valence-electron chi connectivity index (χ3n) is 2.89. The zero-order valence-electron chi connectivity index (χ0n) is 11.4. The van der Waals surface area contributed by atoms with E-state index < -0.39 is 0 Å². The highest BCUT2D eigenvalue weighted by molar-refractivity contribution is 7.11. The van der Waals surface area contributed by atoms with Gasteiger partial charge in [0.25, 0.3) is 0 Å². The highest BCUT2D eigenvalue weighted by Gasteiger charge is 2.07. The van der Waals surface area contributed by atoms with Crippen molar-refractivity contribution < 1.29 is 4.79 Å². The summed E-state index contributed by atoms with van der Waals surface area (Å²) in [5, 5.41) is 12.6. The second kappa shape index (κ2) is 6.31. The number of rotatable bonds is 4. The van der Waals surface area contributed by atoms with Crippen LogP contribution in [0, 0.1) is 25.2 Å². The van der Waals surface area contributed by atoms with Crippen molar-refractivity contribution in [3.05, 3.63) is 51.0 Å². The number of benzene rings is 1. The lowest BCUT2D eigenvalue weighted by atomic mass is 10.1. The molecule has 2 rings (SSSR count). The molecule has 0 saturated heterocycles. The molecule has 0 radical (unpaired) electrons. The smallest absolute Gasteiger partial charge is 0.224 e. The first-order valence-electron chi connectivity index (χ1n) is 6.27. The molecule has 0 aliphatic rings. The SMILES string of the molecule is Cc1nc(C)c(CNC(=O)Cc2ccc(C#N)cc2)s1. The van der Waals surface area contributed by atoms with E-state index in [9.17, 15) is 4.79 Å². The largest absolute Gasteiger partial charge is 0.351 e. The number of carbonyl (C=O) groups excluding carboxylic acids is 1. The molecule has 0 spiro atoms. The number of nitrogens with zero attached hydrogens (tertiary/aromatic N) is 2. The van der Waals surface area contributed by atoms with Crippen LogP contribution in [0.3, 0.4) is 0 Å². The van der Waals surface area contributed by atoms with Crippen LogP contribution in [-0.2, 0) is 17.8 Å². The maximum atomic E-state index is 11.9. The number of nitriles is 1. The molecule has 1 aromatic carbocycles. The normalized spacial score (nSPS) is 10.1. The van der Waals surface area contributed by atoms with Crippen molar-refractivity contribution >= 4 is 17.2 Å². The fourth-order valence-corrected chi connectivity index (χ4v) is 2.74. The molecule has 102 valence electrons. The van der Waals surface area contributed by atoms with Gasteiger partial charge in [0.15, 0.2) is 0 Å². The van der Waals surface area contributed by atoms with Gasteiger partial charge in [-0.05, 0) is 31.5 Å². The predicted molar refractivity (Wildman–Crippen MR) is 78.3 cm³/mol. The van der Waals surface area contributed by atoms with Crippen LogP contribution in [0.2, 0.25) is 0 Å². The zero-order chi connectivity index (χ0) is 14.5. The van der Waals surface area contributed by atoms with Crippen LogP contribution in [0.5, 0.6) is 0 Å². The second-order valence-corrected chi connectivity index (χ2v) is 5.79. The van der Waals surface area contributed by atoms with Gasteiger partial charge in [-0.15, -0.1) is 11.3 Å². The van der Waals surface area contributed by atoms with Crippen LogP contribution in [-0.4, -0.2) is 10.9 Å². The number of carbonyl (C=O) groups is 1. The molecular weight excluding hydrogens is 270 g/mol. The summed E-state index contributed by atoms with van der Waals surface area (Å²) in [6.45, 7) is 4.43.